The van der Waals surface area contributed by atoms with Gasteiger partial charge in [0.05, 0.1) is 22.1 Å². The molecule has 0 radical (unpaired) electrons. The summed E-state index contributed by atoms with van der Waals surface area (Å²) in [5.74, 6) is 1.55. The lowest BCUT2D eigenvalue weighted by Crippen LogP contribution is -2.44. The van der Waals surface area contributed by atoms with Gasteiger partial charge >= 0.3 is 0 Å². The van der Waals surface area contributed by atoms with Gasteiger partial charge in [-0.3, -0.25) is 9.97 Å². The molecule has 4 rings (SSSR count). The molecule has 0 bridgehead atoms. The number of piperazine rings is 1. The fourth-order valence-corrected chi connectivity index (χ4v) is 3.18. The van der Waals surface area contributed by atoms with Crippen molar-refractivity contribution < 1.29 is 0 Å². The number of rotatable bonds is 2. The molecule has 0 spiro atoms. The third-order valence-corrected chi connectivity index (χ3v) is 4.40. The summed E-state index contributed by atoms with van der Waals surface area (Å²) in [6.45, 7) is 5.59. The van der Waals surface area contributed by atoms with E-state index in [1.807, 2.05) is 19.1 Å². The van der Waals surface area contributed by atoms with Crippen LogP contribution in [0.4, 0.5) is 5.82 Å². The fourth-order valence-electron chi connectivity index (χ4n) is 2.95. The average molecular weight is 341 g/mol. The molecule has 3 aromatic heterocycles. The van der Waals surface area contributed by atoms with Gasteiger partial charge in [-0.2, -0.15) is 0 Å². The van der Waals surface area contributed by atoms with E-state index in [0.29, 0.717) is 10.8 Å². The van der Waals surface area contributed by atoms with Crippen molar-refractivity contribution in [3.05, 3.63) is 41.4 Å². The quantitative estimate of drug-likeness (QED) is 0.773. The molecule has 4 heterocycles. The zero-order chi connectivity index (χ0) is 16.5. The second kappa shape index (κ2) is 6.30. The Morgan fingerprint density at radius 1 is 1.17 bits per heavy atom. The van der Waals surface area contributed by atoms with E-state index in [4.69, 9.17) is 16.6 Å². The summed E-state index contributed by atoms with van der Waals surface area (Å²) < 4.78 is 0. The normalized spacial score (nSPS) is 15.0. The average Bonchev–Trinajstić information content (AvgIpc) is 2.62. The van der Waals surface area contributed by atoms with Crippen LogP contribution in [0.3, 0.4) is 0 Å². The van der Waals surface area contributed by atoms with Crippen molar-refractivity contribution in [1.82, 2.24) is 25.3 Å². The van der Waals surface area contributed by atoms with Gasteiger partial charge in [-0.05, 0) is 19.1 Å². The van der Waals surface area contributed by atoms with Gasteiger partial charge in [0.1, 0.15) is 5.82 Å². The van der Waals surface area contributed by atoms with Crippen molar-refractivity contribution in [3.8, 4) is 11.4 Å². The van der Waals surface area contributed by atoms with E-state index in [-0.39, 0.29) is 0 Å². The molecule has 1 aliphatic heterocycles. The van der Waals surface area contributed by atoms with Crippen LogP contribution < -0.4 is 10.2 Å². The zero-order valence-electron chi connectivity index (χ0n) is 13.3. The van der Waals surface area contributed by atoms with E-state index in [9.17, 15) is 0 Å². The highest BCUT2D eigenvalue weighted by atomic mass is 35.5. The first-order valence-electron chi connectivity index (χ1n) is 7.92. The molecule has 0 unspecified atom stereocenters. The number of nitrogens with zero attached hydrogens (tertiary/aromatic N) is 5. The minimum absolute atomic E-state index is 0.582. The van der Waals surface area contributed by atoms with E-state index in [1.165, 1.54) is 0 Å². The molecule has 3 aromatic rings. The molecule has 1 fully saturated rings. The number of hydrogen-bond acceptors (Lipinski definition) is 6. The Kier molecular flexibility index (Phi) is 4.00. The van der Waals surface area contributed by atoms with Crippen molar-refractivity contribution in [3.63, 3.8) is 0 Å². The second-order valence-electron chi connectivity index (χ2n) is 5.81. The van der Waals surface area contributed by atoms with Crippen LogP contribution in [-0.2, 0) is 0 Å². The number of anilines is 1. The fraction of sp³-hybridized carbons (Fsp3) is 0.294. The number of fused-ring (bicyclic) bond motifs is 1. The Hall–Kier alpha value is -2.31. The lowest BCUT2D eigenvalue weighted by atomic mass is 10.2. The molecule has 1 N–H and O–H groups in total. The van der Waals surface area contributed by atoms with Crippen LogP contribution in [0.5, 0.6) is 0 Å². The first-order valence-corrected chi connectivity index (χ1v) is 8.30. The molecule has 24 heavy (non-hydrogen) atoms. The SMILES string of the molecule is Cc1cc(-c2nc(N3CCNCC3)c3c(Cl)cncc3n2)ccn1. The zero-order valence-corrected chi connectivity index (χ0v) is 14.1. The molecule has 0 aromatic carbocycles. The summed E-state index contributed by atoms with van der Waals surface area (Å²) in [7, 11) is 0. The van der Waals surface area contributed by atoms with Crippen molar-refractivity contribution in [1.29, 1.82) is 0 Å². The summed E-state index contributed by atoms with van der Waals surface area (Å²) in [4.78, 5) is 20.2. The van der Waals surface area contributed by atoms with E-state index in [0.717, 1.165) is 54.2 Å². The molecular formula is C17H17ClN6. The largest absolute Gasteiger partial charge is 0.353 e. The summed E-state index contributed by atoms with van der Waals surface area (Å²) in [5, 5.41) is 4.81. The highest BCUT2D eigenvalue weighted by molar-refractivity contribution is 6.36. The van der Waals surface area contributed by atoms with Gasteiger partial charge < -0.3 is 10.2 Å². The van der Waals surface area contributed by atoms with Crippen LogP contribution in [0.25, 0.3) is 22.3 Å². The number of halogens is 1. The Balaban J connectivity index is 1.93. The summed E-state index contributed by atoms with van der Waals surface area (Å²) in [6.07, 6.45) is 5.17. The molecule has 0 aliphatic carbocycles. The summed E-state index contributed by atoms with van der Waals surface area (Å²) >= 11 is 6.41. The maximum Gasteiger partial charge on any atom is 0.162 e. The van der Waals surface area contributed by atoms with E-state index < -0.39 is 0 Å². The van der Waals surface area contributed by atoms with E-state index >= 15 is 0 Å². The third-order valence-electron chi connectivity index (χ3n) is 4.11. The van der Waals surface area contributed by atoms with Gasteiger partial charge in [0.15, 0.2) is 5.82 Å². The molecular weight excluding hydrogens is 324 g/mol. The topological polar surface area (TPSA) is 66.8 Å². The molecule has 6 nitrogen and oxygen atoms in total. The van der Waals surface area contributed by atoms with Gasteiger partial charge in [-0.1, -0.05) is 11.6 Å². The first-order chi connectivity index (χ1) is 11.7. The molecule has 0 amide bonds. The highest BCUT2D eigenvalue weighted by Crippen LogP contribution is 2.32. The number of hydrogen-bond donors (Lipinski definition) is 1. The number of aromatic nitrogens is 4. The maximum absolute atomic E-state index is 6.41. The molecule has 0 atom stereocenters. The van der Waals surface area contributed by atoms with Gasteiger partial charge in [-0.15, -0.1) is 0 Å². The maximum atomic E-state index is 6.41. The van der Waals surface area contributed by atoms with Crippen LogP contribution in [0.15, 0.2) is 30.7 Å². The molecule has 1 saturated heterocycles. The standard InChI is InChI=1S/C17H17ClN6/c1-11-8-12(2-3-21-11)16-22-14-10-20-9-13(18)15(14)17(23-16)24-6-4-19-5-7-24/h2-3,8-10,19H,4-7H2,1H3. The molecule has 122 valence electrons. The van der Waals surface area contributed by atoms with Crippen molar-refractivity contribution in [2.45, 2.75) is 6.92 Å². The van der Waals surface area contributed by atoms with Crippen LogP contribution in [0.1, 0.15) is 5.69 Å². The van der Waals surface area contributed by atoms with Crippen molar-refractivity contribution >= 4 is 28.3 Å². The predicted octanol–water partition coefficient (Wildman–Crippen LogP) is 2.46. The van der Waals surface area contributed by atoms with Crippen LogP contribution in [0, 0.1) is 6.92 Å². The monoisotopic (exact) mass is 340 g/mol. The van der Waals surface area contributed by atoms with E-state index in [1.54, 1.807) is 18.6 Å². The lowest BCUT2D eigenvalue weighted by molar-refractivity contribution is 0.586. The number of nitrogens with one attached hydrogen (secondary N) is 1. The Morgan fingerprint density at radius 3 is 2.79 bits per heavy atom. The number of aryl methyl sites for hydroxylation is 1. The van der Waals surface area contributed by atoms with Gasteiger partial charge in [0.2, 0.25) is 0 Å². The molecule has 0 saturated carbocycles. The van der Waals surface area contributed by atoms with Crippen LogP contribution in [-0.4, -0.2) is 46.1 Å². The second-order valence-corrected chi connectivity index (χ2v) is 6.22. The van der Waals surface area contributed by atoms with Crippen LogP contribution >= 0.6 is 11.6 Å². The predicted molar refractivity (Wildman–Crippen MR) is 95.4 cm³/mol. The summed E-state index contributed by atoms with van der Waals surface area (Å²) in [5.41, 5.74) is 2.64. The van der Waals surface area contributed by atoms with Gasteiger partial charge in [0.25, 0.3) is 0 Å². The van der Waals surface area contributed by atoms with Crippen molar-refractivity contribution in [2.24, 2.45) is 0 Å². The Morgan fingerprint density at radius 2 is 2.00 bits per heavy atom. The van der Waals surface area contributed by atoms with Gasteiger partial charge in [-0.25, -0.2) is 9.97 Å². The smallest absolute Gasteiger partial charge is 0.162 e. The van der Waals surface area contributed by atoms with E-state index in [2.05, 4.69) is 25.2 Å². The van der Waals surface area contributed by atoms with Crippen molar-refractivity contribution in [2.75, 3.05) is 31.1 Å². The third kappa shape index (κ3) is 2.79. The molecule has 1 aliphatic rings. The minimum atomic E-state index is 0.582. The number of pyridine rings is 2. The summed E-state index contributed by atoms with van der Waals surface area (Å²) in [6, 6.07) is 3.91. The van der Waals surface area contributed by atoms with Crippen LogP contribution in [0.2, 0.25) is 5.02 Å². The highest BCUT2D eigenvalue weighted by Gasteiger charge is 2.19. The Bertz CT molecular complexity index is 891. The lowest BCUT2D eigenvalue weighted by Gasteiger charge is -2.29. The molecule has 7 heteroatoms. The first kappa shape index (κ1) is 15.2. The minimum Gasteiger partial charge on any atom is -0.353 e. The Labute approximate surface area is 144 Å². The van der Waals surface area contributed by atoms with Gasteiger partial charge in [0, 0.05) is 49.8 Å².